The van der Waals surface area contributed by atoms with Crippen molar-refractivity contribution in [3.63, 3.8) is 0 Å². The molecule has 0 aliphatic heterocycles. The fraction of sp³-hybridized carbons (Fsp3) is 0.185. The van der Waals surface area contributed by atoms with Gasteiger partial charge < -0.3 is 15.7 Å². The molecule has 1 aromatic heterocycles. The van der Waals surface area contributed by atoms with Crippen molar-refractivity contribution >= 4 is 28.8 Å². The number of aryl methyl sites for hydroxylation is 2. The number of benzene rings is 3. The van der Waals surface area contributed by atoms with Crippen LogP contribution in [-0.4, -0.2) is 38.4 Å². The average molecular weight is 470 g/mol. The van der Waals surface area contributed by atoms with Crippen molar-refractivity contribution in [3.8, 4) is 5.69 Å². The highest BCUT2D eigenvalue weighted by Gasteiger charge is 2.16. The summed E-state index contributed by atoms with van der Waals surface area (Å²) < 4.78 is 1.61. The van der Waals surface area contributed by atoms with E-state index in [1.807, 2.05) is 74.5 Å². The van der Waals surface area contributed by atoms with E-state index >= 15 is 0 Å². The van der Waals surface area contributed by atoms with Gasteiger partial charge in [-0.1, -0.05) is 17.3 Å². The molecule has 4 rings (SSSR count). The van der Waals surface area contributed by atoms with Crippen LogP contribution in [0.4, 0.5) is 17.1 Å². The number of nitrogens with zero attached hydrogens (tertiary/aromatic N) is 3. The van der Waals surface area contributed by atoms with E-state index in [0.29, 0.717) is 28.9 Å². The number of ketones is 1. The first kappa shape index (κ1) is 23.8. The van der Waals surface area contributed by atoms with Crippen LogP contribution in [0.5, 0.6) is 0 Å². The van der Waals surface area contributed by atoms with Crippen LogP contribution in [0, 0.1) is 13.8 Å². The summed E-state index contributed by atoms with van der Waals surface area (Å²) in [5, 5.41) is 23.4. The third-order valence-electron chi connectivity index (χ3n) is 5.58. The predicted octanol–water partition coefficient (Wildman–Crippen LogP) is 4.35. The lowest BCUT2D eigenvalue weighted by Crippen LogP contribution is -2.08. The Morgan fingerprint density at radius 1 is 0.914 bits per heavy atom. The summed E-state index contributed by atoms with van der Waals surface area (Å²) in [7, 11) is 0. The highest BCUT2D eigenvalue weighted by atomic mass is 16.3. The molecule has 0 radical (unpaired) electrons. The molecular formula is C27H27N5O3. The molecule has 1 amide bonds. The SMILES string of the molecule is CC(=O)Nc1cccc(Nc2ccc(C(=O)c3cc(-n4cc(CCO)nn4)ccc3C)c(C)c2)c1. The molecule has 3 N–H and O–H groups in total. The molecular weight excluding hydrogens is 442 g/mol. The molecule has 35 heavy (non-hydrogen) atoms. The van der Waals surface area contributed by atoms with E-state index in [1.54, 1.807) is 10.9 Å². The van der Waals surface area contributed by atoms with Gasteiger partial charge in [0.15, 0.2) is 5.78 Å². The van der Waals surface area contributed by atoms with Crippen molar-refractivity contribution in [2.24, 2.45) is 0 Å². The number of aliphatic hydroxyl groups excluding tert-OH is 1. The minimum absolute atomic E-state index is 0.00119. The van der Waals surface area contributed by atoms with Crippen LogP contribution in [0.15, 0.2) is 66.9 Å². The monoisotopic (exact) mass is 469 g/mol. The number of carbonyl (C=O) groups excluding carboxylic acids is 2. The summed E-state index contributed by atoms with van der Waals surface area (Å²) in [6, 6.07) is 18.6. The van der Waals surface area contributed by atoms with Gasteiger partial charge in [-0.3, -0.25) is 9.59 Å². The second-order valence-corrected chi connectivity index (χ2v) is 8.37. The summed E-state index contributed by atoms with van der Waals surface area (Å²) in [6.07, 6.45) is 2.18. The van der Waals surface area contributed by atoms with Crippen molar-refractivity contribution in [2.75, 3.05) is 17.2 Å². The van der Waals surface area contributed by atoms with Crippen LogP contribution in [0.25, 0.3) is 5.69 Å². The number of nitrogens with one attached hydrogen (secondary N) is 2. The van der Waals surface area contributed by atoms with Gasteiger partial charge >= 0.3 is 0 Å². The number of aromatic nitrogens is 3. The summed E-state index contributed by atoms with van der Waals surface area (Å²) in [5.41, 5.74) is 6.69. The van der Waals surface area contributed by atoms with E-state index in [-0.39, 0.29) is 18.3 Å². The van der Waals surface area contributed by atoms with E-state index < -0.39 is 0 Å². The molecule has 0 saturated heterocycles. The standard InChI is InChI=1S/C27H27N5O3/c1-17-7-9-24(32-16-23(11-12-33)30-31-32)15-26(17)27(35)25-10-8-22(13-18(25)2)29-21-6-4-5-20(14-21)28-19(3)34/h4-10,13-16,29,33H,11-12H2,1-3H3,(H,28,34). The second-order valence-electron chi connectivity index (χ2n) is 8.37. The molecule has 0 aliphatic carbocycles. The summed E-state index contributed by atoms with van der Waals surface area (Å²) in [6.45, 7) is 5.28. The van der Waals surface area contributed by atoms with Gasteiger partial charge in [0.2, 0.25) is 5.91 Å². The lowest BCUT2D eigenvalue weighted by molar-refractivity contribution is -0.114. The quantitative estimate of drug-likeness (QED) is 0.331. The highest BCUT2D eigenvalue weighted by Crippen LogP contribution is 2.25. The Kier molecular flexibility index (Phi) is 7.03. The Hall–Kier alpha value is -4.30. The molecule has 0 saturated carbocycles. The van der Waals surface area contributed by atoms with Crippen LogP contribution in [0.3, 0.4) is 0 Å². The molecule has 3 aromatic carbocycles. The fourth-order valence-electron chi connectivity index (χ4n) is 3.84. The van der Waals surface area contributed by atoms with Crippen LogP contribution < -0.4 is 10.6 Å². The molecule has 8 heteroatoms. The minimum atomic E-state index is -0.130. The van der Waals surface area contributed by atoms with E-state index in [1.165, 1.54) is 6.92 Å². The lowest BCUT2D eigenvalue weighted by Gasteiger charge is -2.13. The number of hydrogen-bond donors (Lipinski definition) is 3. The van der Waals surface area contributed by atoms with Gasteiger partial charge in [-0.25, -0.2) is 4.68 Å². The van der Waals surface area contributed by atoms with Gasteiger partial charge in [0.1, 0.15) is 0 Å². The Labute approximate surface area is 203 Å². The summed E-state index contributed by atoms with van der Waals surface area (Å²) in [5.74, 6) is -0.202. The fourth-order valence-corrected chi connectivity index (χ4v) is 3.84. The number of amides is 1. The van der Waals surface area contributed by atoms with Gasteiger partial charge in [0.05, 0.1) is 17.6 Å². The van der Waals surface area contributed by atoms with E-state index in [4.69, 9.17) is 5.11 Å². The van der Waals surface area contributed by atoms with Crippen molar-refractivity contribution in [1.82, 2.24) is 15.0 Å². The maximum Gasteiger partial charge on any atom is 0.221 e. The Balaban J connectivity index is 1.57. The van der Waals surface area contributed by atoms with Crippen molar-refractivity contribution in [1.29, 1.82) is 0 Å². The lowest BCUT2D eigenvalue weighted by atomic mass is 9.95. The summed E-state index contributed by atoms with van der Waals surface area (Å²) in [4.78, 5) is 24.8. The molecule has 0 bridgehead atoms. The number of hydrogen-bond acceptors (Lipinski definition) is 6. The molecule has 0 atom stereocenters. The molecule has 0 fully saturated rings. The Bertz CT molecular complexity index is 1390. The molecule has 0 unspecified atom stereocenters. The minimum Gasteiger partial charge on any atom is -0.396 e. The Morgan fingerprint density at radius 3 is 2.43 bits per heavy atom. The van der Waals surface area contributed by atoms with Crippen LogP contribution >= 0.6 is 0 Å². The van der Waals surface area contributed by atoms with Gasteiger partial charge in [0.25, 0.3) is 0 Å². The molecule has 8 nitrogen and oxygen atoms in total. The second kappa shape index (κ2) is 10.3. The molecule has 178 valence electrons. The van der Waals surface area contributed by atoms with Crippen molar-refractivity contribution in [3.05, 3.63) is 94.8 Å². The third-order valence-corrected chi connectivity index (χ3v) is 5.58. The van der Waals surface area contributed by atoms with E-state index in [2.05, 4.69) is 20.9 Å². The third kappa shape index (κ3) is 5.62. The van der Waals surface area contributed by atoms with Crippen LogP contribution in [-0.2, 0) is 11.2 Å². The zero-order valence-corrected chi connectivity index (χ0v) is 19.9. The first-order chi connectivity index (χ1) is 16.8. The van der Waals surface area contributed by atoms with Crippen LogP contribution in [0.1, 0.15) is 39.7 Å². The smallest absolute Gasteiger partial charge is 0.221 e. The molecule has 1 heterocycles. The van der Waals surface area contributed by atoms with E-state index in [0.717, 1.165) is 28.2 Å². The average Bonchev–Trinajstić information content (AvgIpc) is 3.28. The van der Waals surface area contributed by atoms with Gasteiger partial charge in [-0.2, -0.15) is 0 Å². The number of aliphatic hydroxyl groups is 1. The van der Waals surface area contributed by atoms with Crippen LogP contribution in [0.2, 0.25) is 0 Å². The van der Waals surface area contributed by atoms with Gasteiger partial charge in [-0.15, -0.1) is 5.10 Å². The normalized spacial score (nSPS) is 10.7. The van der Waals surface area contributed by atoms with Gasteiger partial charge in [0, 0.05) is 48.1 Å². The molecule has 0 aliphatic rings. The first-order valence-electron chi connectivity index (χ1n) is 11.3. The topological polar surface area (TPSA) is 109 Å². The van der Waals surface area contributed by atoms with Crippen molar-refractivity contribution < 1.29 is 14.7 Å². The summed E-state index contributed by atoms with van der Waals surface area (Å²) >= 11 is 0. The molecule has 0 spiro atoms. The zero-order chi connectivity index (χ0) is 24.9. The largest absolute Gasteiger partial charge is 0.396 e. The predicted molar refractivity (Wildman–Crippen MR) is 136 cm³/mol. The highest BCUT2D eigenvalue weighted by molar-refractivity contribution is 6.11. The maximum atomic E-state index is 13.5. The zero-order valence-electron chi connectivity index (χ0n) is 19.9. The first-order valence-corrected chi connectivity index (χ1v) is 11.3. The van der Waals surface area contributed by atoms with Gasteiger partial charge in [-0.05, 0) is 73.5 Å². The number of carbonyl (C=O) groups is 2. The number of rotatable bonds is 8. The number of anilines is 3. The van der Waals surface area contributed by atoms with Crippen molar-refractivity contribution in [2.45, 2.75) is 27.2 Å². The molecule has 4 aromatic rings. The maximum absolute atomic E-state index is 13.5. The van der Waals surface area contributed by atoms with E-state index in [9.17, 15) is 9.59 Å². The Morgan fingerprint density at radius 2 is 1.69 bits per heavy atom.